The molecule has 0 N–H and O–H groups in total. The van der Waals surface area contributed by atoms with E-state index in [0.29, 0.717) is 11.5 Å². The fourth-order valence-electron chi connectivity index (χ4n) is 3.93. The number of pyridine rings is 1. The zero-order chi connectivity index (χ0) is 20.5. The number of rotatable bonds is 4. The predicted octanol–water partition coefficient (Wildman–Crippen LogP) is 4.83. The zero-order valence-electron chi connectivity index (χ0n) is 16.7. The van der Waals surface area contributed by atoms with Crippen LogP contribution in [0, 0.1) is 6.92 Å². The summed E-state index contributed by atoms with van der Waals surface area (Å²) < 4.78 is 11.3. The van der Waals surface area contributed by atoms with Crippen LogP contribution in [0.2, 0.25) is 0 Å². The number of nitrogens with zero attached hydrogens (tertiary/aromatic N) is 3. The van der Waals surface area contributed by atoms with Crippen LogP contribution in [0.15, 0.2) is 52.9 Å². The van der Waals surface area contributed by atoms with Crippen molar-refractivity contribution >= 4 is 16.9 Å². The Morgan fingerprint density at radius 1 is 1.03 bits per heavy atom. The number of aryl methyl sites for hydroxylation is 2. The molecule has 0 radical (unpaired) electrons. The number of benzene rings is 2. The summed E-state index contributed by atoms with van der Waals surface area (Å²) in [4.78, 5) is 17.8. The molecule has 30 heavy (non-hydrogen) atoms. The highest BCUT2D eigenvalue weighted by Crippen LogP contribution is 2.30. The van der Waals surface area contributed by atoms with E-state index in [-0.39, 0.29) is 18.5 Å². The SMILES string of the molecule is Cc1ccc(-c2nnc(COC(=O)c3c4c(nc5ccccc35)CCCC4)o2)cc1. The molecule has 0 fully saturated rings. The van der Waals surface area contributed by atoms with E-state index >= 15 is 0 Å². The minimum absolute atomic E-state index is 0.0664. The smallest absolute Gasteiger partial charge is 0.339 e. The fourth-order valence-corrected chi connectivity index (χ4v) is 3.93. The van der Waals surface area contributed by atoms with E-state index in [1.165, 1.54) is 0 Å². The van der Waals surface area contributed by atoms with Gasteiger partial charge in [0.1, 0.15) is 0 Å². The molecule has 0 spiro atoms. The molecule has 2 aromatic heterocycles. The molecule has 0 atom stereocenters. The van der Waals surface area contributed by atoms with Crippen LogP contribution in [0.3, 0.4) is 0 Å². The Hall–Kier alpha value is -3.54. The maximum atomic E-state index is 13.1. The summed E-state index contributed by atoms with van der Waals surface area (Å²) in [5.41, 5.74) is 5.44. The Morgan fingerprint density at radius 3 is 2.70 bits per heavy atom. The van der Waals surface area contributed by atoms with E-state index in [2.05, 4.69) is 10.2 Å². The number of hydrogen-bond donors (Lipinski definition) is 0. The van der Waals surface area contributed by atoms with Crippen LogP contribution in [-0.2, 0) is 24.2 Å². The summed E-state index contributed by atoms with van der Waals surface area (Å²) in [7, 11) is 0. The first kappa shape index (κ1) is 18.5. The minimum Gasteiger partial charge on any atom is -0.452 e. The Kier molecular flexibility index (Phi) is 4.75. The van der Waals surface area contributed by atoms with Gasteiger partial charge in [-0.3, -0.25) is 4.98 Å². The largest absolute Gasteiger partial charge is 0.452 e. The standard InChI is InChI=1S/C24H21N3O3/c1-15-10-12-16(13-11-15)23-27-26-21(30-23)14-29-24(28)22-17-6-2-4-8-19(17)25-20-9-5-3-7-18(20)22/h2,4,6,8,10-13H,3,5,7,9,14H2,1H3. The van der Waals surface area contributed by atoms with Crippen LogP contribution in [0.4, 0.5) is 0 Å². The van der Waals surface area contributed by atoms with Gasteiger partial charge in [0.2, 0.25) is 5.89 Å². The number of carbonyl (C=O) groups excluding carboxylic acids is 1. The van der Waals surface area contributed by atoms with Crippen LogP contribution in [0.25, 0.3) is 22.4 Å². The van der Waals surface area contributed by atoms with E-state index in [4.69, 9.17) is 14.1 Å². The van der Waals surface area contributed by atoms with E-state index in [9.17, 15) is 4.79 Å². The van der Waals surface area contributed by atoms with Crippen LogP contribution >= 0.6 is 0 Å². The molecular formula is C24H21N3O3. The van der Waals surface area contributed by atoms with Crippen molar-refractivity contribution < 1.29 is 13.9 Å². The predicted molar refractivity (Wildman–Crippen MR) is 112 cm³/mol. The van der Waals surface area contributed by atoms with Gasteiger partial charge in [-0.1, -0.05) is 35.9 Å². The molecule has 0 unspecified atom stereocenters. The number of carbonyl (C=O) groups is 1. The van der Waals surface area contributed by atoms with E-state index < -0.39 is 0 Å². The maximum Gasteiger partial charge on any atom is 0.339 e. The molecule has 0 bridgehead atoms. The number of aromatic nitrogens is 3. The van der Waals surface area contributed by atoms with Gasteiger partial charge < -0.3 is 9.15 Å². The number of ether oxygens (including phenoxy) is 1. The monoisotopic (exact) mass is 399 g/mol. The van der Waals surface area contributed by atoms with Crippen molar-refractivity contribution in [3.8, 4) is 11.5 Å². The summed E-state index contributed by atoms with van der Waals surface area (Å²) in [6.07, 6.45) is 3.88. The van der Waals surface area contributed by atoms with Crippen LogP contribution < -0.4 is 0 Å². The van der Waals surface area contributed by atoms with E-state index in [1.807, 2.05) is 55.5 Å². The second-order valence-corrected chi connectivity index (χ2v) is 7.58. The molecule has 0 saturated heterocycles. The molecule has 150 valence electrons. The quantitative estimate of drug-likeness (QED) is 0.458. The maximum absolute atomic E-state index is 13.1. The topological polar surface area (TPSA) is 78.1 Å². The van der Waals surface area contributed by atoms with Crippen LogP contribution in [0.1, 0.15) is 45.9 Å². The Balaban J connectivity index is 1.40. The lowest BCUT2D eigenvalue weighted by Gasteiger charge is -2.19. The van der Waals surface area contributed by atoms with E-state index in [0.717, 1.165) is 59.0 Å². The second kappa shape index (κ2) is 7.71. The molecule has 2 aromatic carbocycles. The molecule has 0 saturated carbocycles. The normalized spacial score (nSPS) is 13.2. The van der Waals surface area contributed by atoms with E-state index in [1.54, 1.807) is 0 Å². The molecule has 0 amide bonds. The van der Waals surface area contributed by atoms with Crippen LogP contribution in [0.5, 0.6) is 0 Å². The highest BCUT2D eigenvalue weighted by molar-refractivity contribution is 6.05. The van der Waals surface area contributed by atoms with Crippen molar-refractivity contribution in [3.05, 3.63) is 76.8 Å². The summed E-state index contributed by atoms with van der Waals surface area (Å²) in [5, 5.41) is 8.92. The van der Waals surface area contributed by atoms with Gasteiger partial charge in [-0.15, -0.1) is 10.2 Å². The summed E-state index contributed by atoms with van der Waals surface area (Å²) in [6, 6.07) is 15.5. The van der Waals surface area contributed by atoms with Gasteiger partial charge in [-0.05, 0) is 56.4 Å². The lowest BCUT2D eigenvalue weighted by molar-refractivity contribution is 0.0439. The third kappa shape index (κ3) is 3.45. The molecule has 6 nitrogen and oxygen atoms in total. The van der Waals surface area contributed by atoms with Gasteiger partial charge in [-0.2, -0.15) is 0 Å². The first-order valence-corrected chi connectivity index (χ1v) is 10.2. The fraction of sp³-hybridized carbons (Fsp3) is 0.250. The molecular weight excluding hydrogens is 378 g/mol. The number of para-hydroxylation sites is 1. The molecule has 6 heteroatoms. The van der Waals surface area contributed by atoms with Gasteiger partial charge in [0.15, 0.2) is 6.61 Å². The second-order valence-electron chi connectivity index (χ2n) is 7.58. The Bertz CT molecular complexity index is 1230. The van der Waals surface area contributed by atoms with Crippen molar-refractivity contribution in [2.45, 2.75) is 39.2 Å². The van der Waals surface area contributed by atoms with Gasteiger partial charge in [0, 0.05) is 16.6 Å². The summed E-state index contributed by atoms with van der Waals surface area (Å²) in [5.74, 6) is 0.306. The lowest BCUT2D eigenvalue weighted by Crippen LogP contribution is -2.15. The Morgan fingerprint density at radius 2 is 1.83 bits per heavy atom. The Labute approximate surface area is 173 Å². The molecule has 1 aliphatic carbocycles. The third-order valence-corrected chi connectivity index (χ3v) is 5.47. The summed E-state index contributed by atoms with van der Waals surface area (Å²) in [6.45, 7) is 1.95. The van der Waals surface area contributed by atoms with Crippen LogP contribution in [-0.4, -0.2) is 21.2 Å². The zero-order valence-corrected chi connectivity index (χ0v) is 16.7. The molecule has 1 aliphatic rings. The van der Waals surface area contributed by atoms with Crippen molar-refractivity contribution in [3.63, 3.8) is 0 Å². The first-order chi connectivity index (χ1) is 14.7. The van der Waals surface area contributed by atoms with Gasteiger partial charge in [0.25, 0.3) is 5.89 Å². The molecule has 2 heterocycles. The average molecular weight is 399 g/mol. The average Bonchev–Trinajstić information content (AvgIpc) is 3.25. The number of esters is 1. The molecule has 5 rings (SSSR count). The number of fused-ring (bicyclic) bond motifs is 2. The van der Waals surface area contributed by atoms with Gasteiger partial charge in [-0.25, -0.2) is 4.79 Å². The lowest BCUT2D eigenvalue weighted by atomic mass is 9.90. The highest BCUT2D eigenvalue weighted by Gasteiger charge is 2.24. The van der Waals surface area contributed by atoms with Crippen molar-refractivity contribution in [1.82, 2.24) is 15.2 Å². The molecule has 4 aromatic rings. The first-order valence-electron chi connectivity index (χ1n) is 10.2. The number of hydrogen-bond acceptors (Lipinski definition) is 6. The van der Waals surface area contributed by atoms with Gasteiger partial charge >= 0.3 is 5.97 Å². The van der Waals surface area contributed by atoms with Gasteiger partial charge in [0.05, 0.1) is 11.1 Å². The van der Waals surface area contributed by atoms with Crippen molar-refractivity contribution in [1.29, 1.82) is 0 Å². The molecule has 0 aliphatic heterocycles. The minimum atomic E-state index is -0.373. The van der Waals surface area contributed by atoms with Crippen molar-refractivity contribution in [2.75, 3.05) is 0 Å². The highest BCUT2D eigenvalue weighted by atomic mass is 16.5. The van der Waals surface area contributed by atoms with Crippen molar-refractivity contribution in [2.24, 2.45) is 0 Å². The third-order valence-electron chi connectivity index (χ3n) is 5.47. The summed E-state index contributed by atoms with van der Waals surface area (Å²) >= 11 is 0.